The molecule has 1 aliphatic rings. The van der Waals surface area contributed by atoms with Crippen LogP contribution in [-0.4, -0.2) is 35.8 Å². The van der Waals surface area contributed by atoms with Gasteiger partial charge in [0.1, 0.15) is 6.04 Å². The molecule has 1 N–H and O–H groups in total. The molecule has 0 spiro atoms. The third-order valence-corrected chi connectivity index (χ3v) is 4.56. The van der Waals surface area contributed by atoms with Crippen molar-refractivity contribution in [2.75, 3.05) is 7.05 Å². The number of carbonyl (C=O) groups excluding carboxylic acids is 2. The Labute approximate surface area is 136 Å². The molecule has 4 nitrogen and oxygen atoms in total. The average Bonchev–Trinajstić information content (AvgIpc) is 2.71. The lowest BCUT2D eigenvalue weighted by Gasteiger charge is -2.32. The molecule has 0 aromatic heterocycles. The lowest BCUT2D eigenvalue weighted by Crippen LogP contribution is -2.52. The van der Waals surface area contributed by atoms with Crippen LogP contribution in [0.25, 0.3) is 0 Å². The number of nitrogens with one attached hydrogen (secondary N) is 1. The van der Waals surface area contributed by atoms with Crippen molar-refractivity contribution in [3.05, 3.63) is 0 Å². The van der Waals surface area contributed by atoms with E-state index in [4.69, 9.17) is 0 Å². The first-order chi connectivity index (χ1) is 10.3. The van der Waals surface area contributed by atoms with E-state index in [1.54, 1.807) is 0 Å². The van der Waals surface area contributed by atoms with Gasteiger partial charge in [-0.15, -0.1) is 0 Å². The maximum absolute atomic E-state index is 12.8. The lowest BCUT2D eigenvalue weighted by molar-refractivity contribution is -0.138. The summed E-state index contributed by atoms with van der Waals surface area (Å²) in [6.45, 7) is 8.03. The molecule has 4 heteroatoms. The Morgan fingerprint density at radius 3 is 2.05 bits per heavy atom. The van der Waals surface area contributed by atoms with Crippen molar-refractivity contribution in [2.24, 2.45) is 11.8 Å². The van der Waals surface area contributed by atoms with E-state index in [2.05, 4.69) is 5.32 Å². The van der Waals surface area contributed by atoms with Gasteiger partial charge in [-0.3, -0.25) is 9.59 Å². The number of carbonyl (C=O) groups is 2. The Balaban J connectivity index is 2.68. The Hall–Kier alpha value is -1.06. The molecule has 0 bridgehead atoms. The number of amides is 2. The van der Waals surface area contributed by atoms with Crippen molar-refractivity contribution in [1.29, 1.82) is 0 Å². The summed E-state index contributed by atoms with van der Waals surface area (Å²) < 4.78 is 0. The van der Waals surface area contributed by atoms with Gasteiger partial charge in [-0.25, -0.2) is 0 Å². The maximum atomic E-state index is 12.8. The molecule has 0 radical (unpaired) electrons. The summed E-state index contributed by atoms with van der Waals surface area (Å²) in [6.07, 6.45) is 7.61. The van der Waals surface area contributed by atoms with Crippen molar-refractivity contribution in [3.8, 4) is 0 Å². The average molecular weight is 310 g/mol. The highest BCUT2D eigenvalue weighted by molar-refractivity contribution is 5.88. The molecule has 0 heterocycles. The molecule has 1 rings (SSSR count). The number of hydrogen-bond donors (Lipinski definition) is 1. The van der Waals surface area contributed by atoms with Gasteiger partial charge in [-0.1, -0.05) is 53.4 Å². The summed E-state index contributed by atoms with van der Waals surface area (Å²) in [7, 11) is 1.91. The zero-order valence-electron chi connectivity index (χ0n) is 15.0. The molecule has 0 aromatic carbocycles. The van der Waals surface area contributed by atoms with Crippen LogP contribution in [0.4, 0.5) is 0 Å². The maximum Gasteiger partial charge on any atom is 0.245 e. The van der Waals surface area contributed by atoms with Crippen LogP contribution in [-0.2, 0) is 9.59 Å². The number of nitrogens with zero attached hydrogens (tertiary/aromatic N) is 1. The minimum absolute atomic E-state index is 0.0173. The minimum Gasteiger partial charge on any atom is -0.344 e. The summed E-state index contributed by atoms with van der Waals surface area (Å²) in [6, 6.07) is -0.0715. The number of likely N-dealkylation sites (N-methyl/N-ethyl adjacent to an activating group) is 1. The molecule has 0 saturated heterocycles. The fourth-order valence-corrected chi connectivity index (χ4v) is 3.16. The third-order valence-electron chi connectivity index (χ3n) is 4.56. The second kappa shape index (κ2) is 9.16. The van der Waals surface area contributed by atoms with E-state index in [9.17, 15) is 9.59 Å². The molecule has 1 atom stereocenters. The molecule has 22 heavy (non-hydrogen) atoms. The topological polar surface area (TPSA) is 49.4 Å². The standard InChI is InChI=1S/C18H34N2O2/c1-13(2)12-16(21)19-17(14(3)4)18(22)20(5)15-10-8-6-7-9-11-15/h13-15,17H,6-12H2,1-5H3,(H,19,21). The fourth-order valence-electron chi connectivity index (χ4n) is 3.16. The van der Waals surface area contributed by atoms with Crippen LogP contribution in [0.3, 0.4) is 0 Å². The predicted molar refractivity (Wildman–Crippen MR) is 90.5 cm³/mol. The molecule has 128 valence electrons. The van der Waals surface area contributed by atoms with E-state index in [1.807, 2.05) is 39.6 Å². The van der Waals surface area contributed by atoms with Crippen molar-refractivity contribution in [3.63, 3.8) is 0 Å². The van der Waals surface area contributed by atoms with Crippen LogP contribution in [0, 0.1) is 11.8 Å². The quantitative estimate of drug-likeness (QED) is 0.765. The molecule has 1 unspecified atom stereocenters. The largest absolute Gasteiger partial charge is 0.344 e. The van der Waals surface area contributed by atoms with E-state index in [1.165, 1.54) is 25.7 Å². The first-order valence-corrected chi connectivity index (χ1v) is 8.89. The highest BCUT2D eigenvalue weighted by Crippen LogP contribution is 2.22. The highest BCUT2D eigenvalue weighted by atomic mass is 16.2. The molecule has 1 aliphatic carbocycles. The minimum atomic E-state index is -0.403. The molecule has 0 aromatic rings. The van der Waals surface area contributed by atoms with Gasteiger partial charge in [0.2, 0.25) is 11.8 Å². The molecule has 2 amide bonds. The Kier molecular flexibility index (Phi) is 7.91. The van der Waals surface area contributed by atoms with E-state index >= 15 is 0 Å². The monoisotopic (exact) mass is 310 g/mol. The summed E-state index contributed by atoms with van der Waals surface area (Å²) in [5.41, 5.74) is 0. The predicted octanol–water partition coefficient (Wildman–Crippen LogP) is 3.35. The zero-order chi connectivity index (χ0) is 16.7. The Morgan fingerprint density at radius 1 is 1.05 bits per heavy atom. The van der Waals surface area contributed by atoms with Gasteiger partial charge in [-0.05, 0) is 24.7 Å². The number of hydrogen-bond acceptors (Lipinski definition) is 2. The van der Waals surface area contributed by atoms with Gasteiger partial charge in [0.05, 0.1) is 0 Å². The van der Waals surface area contributed by atoms with Gasteiger partial charge in [0, 0.05) is 19.5 Å². The van der Waals surface area contributed by atoms with Crippen LogP contribution in [0.5, 0.6) is 0 Å². The highest BCUT2D eigenvalue weighted by Gasteiger charge is 2.30. The molecule has 1 fully saturated rings. The van der Waals surface area contributed by atoms with E-state index < -0.39 is 6.04 Å². The Bertz CT molecular complexity index is 358. The smallest absolute Gasteiger partial charge is 0.245 e. The van der Waals surface area contributed by atoms with Crippen LogP contribution in [0.15, 0.2) is 0 Å². The van der Waals surface area contributed by atoms with Gasteiger partial charge < -0.3 is 10.2 Å². The molecular weight excluding hydrogens is 276 g/mol. The van der Waals surface area contributed by atoms with Crippen molar-refractivity contribution in [1.82, 2.24) is 10.2 Å². The Morgan fingerprint density at radius 2 is 1.59 bits per heavy atom. The van der Waals surface area contributed by atoms with Gasteiger partial charge in [0.25, 0.3) is 0 Å². The summed E-state index contributed by atoms with van der Waals surface area (Å²) in [5, 5.41) is 2.95. The SMILES string of the molecule is CC(C)CC(=O)NC(C(=O)N(C)C1CCCCCC1)C(C)C. The van der Waals surface area contributed by atoms with Crippen LogP contribution < -0.4 is 5.32 Å². The second-order valence-corrected chi connectivity index (χ2v) is 7.48. The van der Waals surface area contributed by atoms with Crippen molar-refractivity contribution >= 4 is 11.8 Å². The van der Waals surface area contributed by atoms with Gasteiger partial charge >= 0.3 is 0 Å². The second-order valence-electron chi connectivity index (χ2n) is 7.48. The molecular formula is C18H34N2O2. The van der Waals surface area contributed by atoms with Crippen molar-refractivity contribution < 1.29 is 9.59 Å². The van der Waals surface area contributed by atoms with E-state index in [0.29, 0.717) is 18.4 Å². The van der Waals surface area contributed by atoms with Crippen LogP contribution in [0.2, 0.25) is 0 Å². The molecule has 0 aliphatic heterocycles. The van der Waals surface area contributed by atoms with Crippen LogP contribution >= 0.6 is 0 Å². The van der Waals surface area contributed by atoms with E-state index in [-0.39, 0.29) is 17.7 Å². The fraction of sp³-hybridized carbons (Fsp3) is 0.889. The normalized spacial score (nSPS) is 18.1. The first-order valence-electron chi connectivity index (χ1n) is 8.89. The van der Waals surface area contributed by atoms with Crippen molar-refractivity contribution in [2.45, 2.75) is 84.7 Å². The number of rotatable bonds is 6. The van der Waals surface area contributed by atoms with Crippen LogP contribution in [0.1, 0.15) is 72.6 Å². The summed E-state index contributed by atoms with van der Waals surface area (Å²) >= 11 is 0. The van der Waals surface area contributed by atoms with Gasteiger partial charge in [-0.2, -0.15) is 0 Å². The zero-order valence-corrected chi connectivity index (χ0v) is 15.0. The third kappa shape index (κ3) is 5.98. The summed E-state index contributed by atoms with van der Waals surface area (Å²) in [5.74, 6) is 0.467. The van der Waals surface area contributed by atoms with E-state index in [0.717, 1.165) is 12.8 Å². The molecule has 1 saturated carbocycles. The summed E-state index contributed by atoms with van der Waals surface area (Å²) in [4.78, 5) is 26.8. The van der Waals surface area contributed by atoms with Gasteiger partial charge in [0.15, 0.2) is 0 Å². The first kappa shape index (κ1) is 19.0. The lowest BCUT2D eigenvalue weighted by atomic mass is 9.99.